The maximum atomic E-state index is 11.5. The summed E-state index contributed by atoms with van der Waals surface area (Å²) in [5.74, 6) is -1.08. The second-order valence-electron chi connectivity index (χ2n) is 6.18. The van der Waals surface area contributed by atoms with Crippen LogP contribution in [0.5, 0.6) is 0 Å². The van der Waals surface area contributed by atoms with Gasteiger partial charge in [-0.2, -0.15) is 0 Å². The Balaban J connectivity index is 2.30. The van der Waals surface area contributed by atoms with Gasteiger partial charge in [0.25, 0.3) is 0 Å². The molecule has 0 radical (unpaired) electrons. The number of hydrogen-bond acceptors (Lipinski definition) is 2. The lowest BCUT2D eigenvalue weighted by molar-refractivity contribution is -0.141. The zero-order chi connectivity index (χ0) is 14.2. The van der Waals surface area contributed by atoms with Gasteiger partial charge >= 0.3 is 5.97 Å². The average Bonchev–Trinajstić information content (AvgIpc) is 2.73. The number of benzene rings is 1. The minimum Gasteiger partial charge on any atom is -0.481 e. The molecular weight excluding hydrogens is 262 g/mol. The van der Waals surface area contributed by atoms with E-state index in [4.69, 9.17) is 11.6 Å². The zero-order valence-corrected chi connectivity index (χ0v) is 12.3. The van der Waals surface area contributed by atoms with E-state index in [0.29, 0.717) is 11.6 Å². The fraction of sp³-hybridized carbons (Fsp3) is 0.533. The number of hydrogen-bond donors (Lipinski definition) is 1. The number of carboxylic acids is 1. The lowest BCUT2D eigenvalue weighted by atomic mass is 9.89. The van der Waals surface area contributed by atoms with Crippen LogP contribution in [0, 0.1) is 5.92 Å². The van der Waals surface area contributed by atoms with Crippen molar-refractivity contribution in [2.75, 3.05) is 13.1 Å². The summed E-state index contributed by atoms with van der Waals surface area (Å²) in [6.45, 7) is 7.71. The molecule has 1 aromatic carbocycles. The lowest BCUT2D eigenvalue weighted by Crippen LogP contribution is -2.40. The van der Waals surface area contributed by atoms with Crippen molar-refractivity contribution in [3.63, 3.8) is 0 Å². The number of nitrogens with zero attached hydrogens (tertiary/aromatic N) is 1. The third-order valence-electron chi connectivity index (χ3n) is 3.86. The first kappa shape index (κ1) is 14.4. The standard InChI is InChI=1S/C15H20ClNO2/c1-15(2,3)17-8-12(13(9-17)14(18)19)10-5-4-6-11(16)7-10/h4-7,12-13H,8-9H2,1-3H3,(H,18,19)/t12-,13+/m1/s1. The van der Waals surface area contributed by atoms with Crippen molar-refractivity contribution in [1.82, 2.24) is 4.90 Å². The highest BCUT2D eigenvalue weighted by Gasteiger charge is 2.41. The molecule has 2 rings (SSSR count). The molecule has 1 fully saturated rings. The lowest BCUT2D eigenvalue weighted by Gasteiger charge is -2.31. The molecule has 0 bridgehead atoms. The van der Waals surface area contributed by atoms with E-state index >= 15 is 0 Å². The number of rotatable bonds is 2. The fourth-order valence-electron chi connectivity index (χ4n) is 2.68. The fourth-order valence-corrected chi connectivity index (χ4v) is 2.88. The highest BCUT2D eigenvalue weighted by atomic mass is 35.5. The zero-order valence-electron chi connectivity index (χ0n) is 11.6. The molecule has 4 heteroatoms. The topological polar surface area (TPSA) is 40.5 Å². The maximum absolute atomic E-state index is 11.5. The summed E-state index contributed by atoms with van der Waals surface area (Å²) >= 11 is 6.02. The smallest absolute Gasteiger partial charge is 0.308 e. The van der Waals surface area contributed by atoms with Crippen LogP contribution < -0.4 is 0 Å². The molecule has 1 aromatic rings. The van der Waals surface area contributed by atoms with Crippen LogP contribution in [-0.2, 0) is 4.79 Å². The van der Waals surface area contributed by atoms with Crippen molar-refractivity contribution >= 4 is 17.6 Å². The Labute approximate surface area is 119 Å². The molecular formula is C15H20ClNO2. The van der Waals surface area contributed by atoms with Gasteiger partial charge in [0, 0.05) is 29.6 Å². The molecule has 0 amide bonds. The number of likely N-dealkylation sites (tertiary alicyclic amines) is 1. The summed E-state index contributed by atoms with van der Waals surface area (Å²) in [6.07, 6.45) is 0. The highest BCUT2D eigenvalue weighted by molar-refractivity contribution is 6.30. The normalized spacial score (nSPS) is 24.6. The summed E-state index contributed by atoms with van der Waals surface area (Å²) in [6, 6.07) is 7.56. The quantitative estimate of drug-likeness (QED) is 0.905. The van der Waals surface area contributed by atoms with E-state index in [-0.39, 0.29) is 17.4 Å². The van der Waals surface area contributed by atoms with Crippen molar-refractivity contribution in [1.29, 1.82) is 0 Å². The minimum absolute atomic E-state index is 0.00965. The van der Waals surface area contributed by atoms with Crippen LogP contribution in [0.2, 0.25) is 5.02 Å². The van der Waals surface area contributed by atoms with Crippen LogP contribution >= 0.6 is 11.6 Å². The monoisotopic (exact) mass is 281 g/mol. The molecule has 104 valence electrons. The molecule has 2 atom stereocenters. The molecule has 0 aromatic heterocycles. The summed E-state index contributed by atoms with van der Waals surface area (Å²) in [5.41, 5.74) is 1.01. The Morgan fingerprint density at radius 2 is 2.05 bits per heavy atom. The van der Waals surface area contributed by atoms with Crippen molar-refractivity contribution in [2.24, 2.45) is 5.92 Å². The number of carbonyl (C=O) groups is 1. The molecule has 0 saturated carbocycles. The van der Waals surface area contributed by atoms with Gasteiger partial charge in [-0.15, -0.1) is 0 Å². The molecule has 0 aliphatic carbocycles. The van der Waals surface area contributed by atoms with Gasteiger partial charge in [-0.1, -0.05) is 23.7 Å². The molecule has 19 heavy (non-hydrogen) atoms. The van der Waals surface area contributed by atoms with E-state index in [9.17, 15) is 9.90 Å². The largest absolute Gasteiger partial charge is 0.481 e. The van der Waals surface area contributed by atoms with Crippen molar-refractivity contribution in [3.8, 4) is 0 Å². The van der Waals surface area contributed by atoms with Crippen LogP contribution in [-0.4, -0.2) is 34.6 Å². The average molecular weight is 282 g/mol. The van der Waals surface area contributed by atoms with Crippen LogP contribution in [0.3, 0.4) is 0 Å². The van der Waals surface area contributed by atoms with Gasteiger partial charge in [-0.05, 0) is 38.5 Å². The second-order valence-corrected chi connectivity index (χ2v) is 6.62. The predicted octanol–water partition coefficient (Wildman–Crippen LogP) is 3.24. The molecule has 1 heterocycles. The van der Waals surface area contributed by atoms with Crippen LogP contribution in [0.25, 0.3) is 0 Å². The van der Waals surface area contributed by atoms with Crippen molar-refractivity contribution < 1.29 is 9.90 Å². The van der Waals surface area contributed by atoms with Crippen LogP contribution in [0.1, 0.15) is 32.3 Å². The number of aliphatic carboxylic acids is 1. The number of halogens is 1. The van der Waals surface area contributed by atoms with Gasteiger partial charge in [-0.25, -0.2) is 0 Å². The third-order valence-corrected chi connectivity index (χ3v) is 4.10. The van der Waals surface area contributed by atoms with Gasteiger partial charge in [0.2, 0.25) is 0 Å². The maximum Gasteiger partial charge on any atom is 0.308 e. The van der Waals surface area contributed by atoms with E-state index in [1.54, 1.807) is 0 Å². The van der Waals surface area contributed by atoms with Gasteiger partial charge in [0.1, 0.15) is 0 Å². The van der Waals surface area contributed by atoms with E-state index in [1.807, 2.05) is 24.3 Å². The van der Waals surface area contributed by atoms with E-state index in [0.717, 1.165) is 12.1 Å². The summed E-state index contributed by atoms with van der Waals surface area (Å²) in [5, 5.41) is 10.1. The third kappa shape index (κ3) is 3.10. The predicted molar refractivity (Wildman–Crippen MR) is 76.6 cm³/mol. The first-order valence-corrected chi connectivity index (χ1v) is 6.90. The summed E-state index contributed by atoms with van der Waals surface area (Å²) < 4.78 is 0. The first-order valence-electron chi connectivity index (χ1n) is 6.52. The molecule has 0 spiro atoms. The first-order chi connectivity index (χ1) is 8.79. The molecule has 1 N–H and O–H groups in total. The van der Waals surface area contributed by atoms with Crippen LogP contribution in [0.4, 0.5) is 0 Å². The Hall–Kier alpha value is -1.06. The molecule has 1 saturated heterocycles. The van der Waals surface area contributed by atoms with Gasteiger partial charge in [0.15, 0.2) is 0 Å². The Kier molecular flexibility index (Phi) is 3.88. The molecule has 1 aliphatic heterocycles. The Morgan fingerprint density at radius 1 is 1.37 bits per heavy atom. The number of carboxylic acid groups (broad SMARTS) is 1. The van der Waals surface area contributed by atoms with E-state index < -0.39 is 5.97 Å². The van der Waals surface area contributed by atoms with E-state index in [2.05, 4.69) is 25.7 Å². The molecule has 3 nitrogen and oxygen atoms in total. The second kappa shape index (κ2) is 5.14. The SMILES string of the molecule is CC(C)(C)N1C[C@H](C(=O)O)[C@@H](c2cccc(Cl)c2)C1. The summed E-state index contributed by atoms with van der Waals surface area (Å²) in [7, 11) is 0. The molecule has 0 unspecified atom stereocenters. The van der Waals surface area contributed by atoms with Crippen molar-refractivity contribution in [2.45, 2.75) is 32.2 Å². The minimum atomic E-state index is -0.725. The summed E-state index contributed by atoms with van der Waals surface area (Å²) in [4.78, 5) is 13.7. The van der Waals surface area contributed by atoms with E-state index in [1.165, 1.54) is 0 Å². The van der Waals surface area contributed by atoms with Gasteiger partial charge in [-0.3, -0.25) is 9.69 Å². The Bertz CT molecular complexity index is 481. The van der Waals surface area contributed by atoms with Gasteiger partial charge in [0.05, 0.1) is 5.92 Å². The Morgan fingerprint density at radius 3 is 2.58 bits per heavy atom. The van der Waals surface area contributed by atoms with Crippen LogP contribution in [0.15, 0.2) is 24.3 Å². The molecule has 1 aliphatic rings. The highest BCUT2D eigenvalue weighted by Crippen LogP contribution is 2.36. The van der Waals surface area contributed by atoms with Crippen molar-refractivity contribution in [3.05, 3.63) is 34.9 Å². The van der Waals surface area contributed by atoms with Gasteiger partial charge < -0.3 is 5.11 Å².